The van der Waals surface area contributed by atoms with E-state index in [-0.39, 0.29) is 30.7 Å². The van der Waals surface area contributed by atoms with Crippen LogP contribution in [-0.2, 0) is 0 Å². The normalized spacial score (nSPS) is 9.69. The van der Waals surface area contributed by atoms with Crippen molar-refractivity contribution >= 4 is 42.1 Å². The summed E-state index contributed by atoms with van der Waals surface area (Å²) < 4.78 is 10.6. The Morgan fingerprint density at radius 3 is 2.50 bits per heavy atom. The van der Waals surface area contributed by atoms with Gasteiger partial charge >= 0.3 is 0 Å². The summed E-state index contributed by atoms with van der Waals surface area (Å²) in [5.41, 5.74) is 7.07. The molecule has 0 radical (unpaired) electrons. The second-order valence-corrected chi connectivity index (χ2v) is 6.25. The standard InChI is InChI=1S/C17H23N3O3S.2ClH/c1-11-15(16(21)19-9-5-4-8-18)24-17(20-11)12-6-7-13(22-2)14(10-12)23-3;;/h6-7,10H,4-5,8-9,18H2,1-3H3,(H,19,21);2*1H. The Balaban J connectivity index is 0.00000312. The molecule has 146 valence electrons. The lowest BCUT2D eigenvalue weighted by Crippen LogP contribution is -2.24. The number of rotatable bonds is 8. The highest BCUT2D eigenvalue weighted by molar-refractivity contribution is 7.17. The lowest BCUT2D eigenvalue weighted by atomic mass is 10.2. The maximum atomic E-state index is 12.3. The summed E-state index contributed by atoms with van der Waals surface area (Å²) in [6.07, 6.45) is 1.78. The first-order chi connectivity index (χ1) is 11.6. The number of aromatic nitrogens is 1. The summed E-state index contributed by atoms with van der Waals surface area (Å²) in [6.45, 7) is 3.10. The van der Waals surface area contributed by atoms with Crippen molar-refractivity contribution in [2.75, 3.05) is 27.3 Å². The molecule has 0 aliphatic carbocycles. The Morgan fingerprint density at radius 2 is 1.88 bits per heavy atom. The van der Waals surface area contributed by atoms with Crippen molar-refractivity contribution in [3.05, 3.63) is 28.8 Å². The van der Waals surface area contributed by atoms with Gasteiger partial charge in [-0.3, -0.25) is 4.79 Å². The quantitative estimate of drug-likeness (QED) is 0.637. The number of hydrogen-bond donors (Lipinski definition) is 2. The molecule has 0 spiro atoms. The highest BCUT2D eigenvalue weighted by Gasteiger charge is 2.17. The van der Waals surface area contributed by atoms with Crippen molar-refractivity contribution in [2.24, 2.45) is 5.73 Å². The van der Waals surface area contributed by atoms with E-state index in [0.29, 0.717) is 29.5 Å². The molecule has 0 saturated carbocycles. The number of aryl methyl sites for hydroxylation is 1. The van der Waals surface area contributed by atoms with Crippen molar-refractivity contribution in [1.82, 2.24) is 10.3 Å². The van der Waals surface area contributed by atoms with E-state index in [4.69, 9.17) is 15.2 Å². The smallest absolute Gasteiger partial charge is 0.263 e. The van der Waals surface area contributed by atoms with Crippen molar-refractivity contribution in [2.45, 2.75) is 19.8 Å². The summed E-state index contributed by atoms with van der Waals surface area (Å²) in [7, 11) is 3.19. The number of methoxy groups -OCH3 is 2. The number of benzene rings is 1. The molecule has 0 aliphatic rings. The van der Waals surface area contributed by atoms with Gasteiger partial charge in [0.2, 0.25) is 0 Å². The Bertz CT molecular complexity index is 711. The van der Waals surface area contributed by atoms with E-state index in [1.54, 1.807) is 14.2 Å². The van der Waals surface area contributed by atoms with Crippen molar-refractivity contribution in [3.63, 3.8) is 0 Å². The van der Waals surface area contributed by atoms with Crippen molar-refractivity contribution in [1.29, 1.82) is 0 Å². The molecule has 2 aromatic rings. The van der Waals surface area contributed by atoms with Crippen LogP contribution < -0.4 is 20.5 Å². The molecule has 0 aliphatic heterocycles. The minimum atomic E-state index is -0.0891. The molecule has 9 heteroatoms. The van der Waals surface area contributed by atoms with Crippen LogP contribution in [0, 0.1) is 6.92 Å². The third kappa shape index (κ3) is 6.02. The fraction of sp³-hybridized carbons (Fsp3) is 0.412. The highest BCUT2D eigenvalue weighted by atomic mass is 35.5. The lowest BCUT2D eigenvalue weighted by Gasteiger charge is -2.08. The van der Waals surface area contributed by atoms with Crippen LogP contribution in [0.15, 0.2) is 18.2 Å². The number of ether oxygens (including phenoxy) is 2. The molecule has 26 heavy (non-hydrogen) atoms. The fourth-order valence-corrected chi connectivity index (χ4v) is 3.23. The van der Waals surface area contributed by atoms with Gasteiger partial charge in [0, 0.05) is 12.1 Å². The Kier molecular flexibility index (Phi) is 11.2. The Labute approximate surface area is 170 Å². The average molecular weight is 422 g/mol. The van der Waals surface area contributed by atoms with E-state index in [9.17, 15) is 4.79 Å². The van der Waals surface area contributed by atoms with Gasteiger partial charge in [-0.25, -0.2) is 4.98 Å². The minimum absolute atomic E-state index is 0. The van der Waals surface area contributed by atoms with Crippen molar-refractivity contribution < 1.29 is 14.3 Å². The van der Waals surface area contributed by atoms with Gasteiger partial charge in [0.15, 0.2) is 11.5 Å². The van der Waals surface area contributed by atoms with E-state index >= 15 is 0 Å². The maximum Gasteiger partial charge on any atom is 0.263 e. The van der Waals surface area contributed by atoms with Gasteiger partial charge in [-0.2, -0.15) is 0 Å². The molecule has 1 heterocycles. The maximum absolute atomic E-state index is 12.3. The molecule has 0 saturated heterocycles. The zero-order chi connectivity index (χ0) is 17.5. The SMILES string of the molecule is COc1ccc(-c2nc(C)c(C(=O)NCCCCN)s2)cc1OC.Cl.Cl. The molecule has 0 atom stereocenters. The lowest BCUT2D eigenvalue weighted by molar-refractivity contribution is 0.0956. The zero-order valence-corrected chi connectivity index (χ0v) is 17.5. The molecule has 0 unspecified atom stereocenters. The van der Waals surface area contributed by atoms with E-state index in [1.165, 1.54) is 11.3 Å². The monoisotopic (exact) mass is 421 g/mol. The Morgan fingerprint density at radius 1 is 1.19 bits per heavy atom. The predicted molar refractivity (Wildman–Crippen MR) is 111 cm³/mol. The van der Waals surface area contributed by atoms with E-state index < -0.39 is 0 Å². The first kappa shape index (κ1) is 24.5. The number of carbonyl (C=O) groups is 1. The molecule has 1 aromatic carbocycles. The number of nitrogens with two attached hydrogens (primary N) is 1. The van der Waals surface area contributed by atoms with Gasteiger partial charge in [-0.1, -0.05) is 0 Å². The number of nitrogens with one attached hydrogen (secondary N) is 1. The van der Waals surface area contributed by atoms with Gasteiger partial charge in [0.05, 0.1) is 19.9 Å². The number of carbonyl (C=O) groups excluding carboxylic acids is 1. The predicted octanol–water partition coefficient (Wildman–Crippen LogP) is 3.45. The largest absolute Gasteiger partial charge is 0.493 e. The van der Waals surface area contributed by atoms with Gasteiger partial charge in [-0.05, 0) is 44.5 Å². The van der Waals surface area contributed by atoms with Crippen LogP contribution in [0.5, 0.6) is 11.5 Å². The van der Waals surface area contributed by atoms with Crippen LogP contribution in [0.4, 0.5) is 0 Å². The van der Waals surface area contributed by atoms with Gasteiger partial charge in [0.1, 0.15) is 9.88 Å². The molecule has 1 aromatic heterocycles. The number of halogens is 2. The molecule has 0 fully saturated rings. The third-order valence-electron chi connectivity index (χ3n) is 3.55. The number of nitrogens with zero attached hydrogens (tertiary/aromatic N) is 1. The molecule has 6 nitrogen and oxygen atoms in total. The minimum Gasteiger partial charge on any atom is -0.493 e. The van der Waals surface area contributed by atoms with E-state index in [0.717, 1.165) is 29.1 Å². The number of amides is 1. The Hall–Kier alpha value is -1.54. The summed E-state index contributed by atoms with van der Waals surface area (Å²) in [4.78, 5) is 17.4. The van der Waals surface area contributed by atoms with E-state index in [1.807, 2.05) is 25.1 Å². The summed E-state index contributed by atoms with van der Waals surface area (Å²) >= 11 is 1.37. The zero-order valence-electron chi connectivity index (χ0n) is 15.0. The van der Waals surface area contributed by atoms with Crippen LogP contribution >= 0.6 is 36.2 Å². The van der Waals surface area contributed by atoms with Crippen LogP contribution in [0.1, 0.15) is 28.2 Å². The first-order valence-electron chi connectivity index (χ1n) is 7.78. The molecule has 1 amide bonds. The highest BCUT2D eigenvalue weighted by Crippen LogP contribution is 2.34. The number of thiazole rings is 1. The summed E-state index contributed by atoms with van der Waals surface area (Å²) in [5, 5.41) is 3.69. The van der Waals surface area contributed by atoms with Gasteiger partial charge in [-0.15, -0.1) is 36.2 Å². The molecule has 0 bridgehead atoms. The molecule has 3 N–H and O–H groups in total. The molecule has 2 rings (SSSR count). The van der Waals surface area contributed by atoms with Gasteiger partial charge in [0.25, 0.3) is 5.91 Å². The van der Waals surface area contributed by atoms with Gasteiger partial charge < -0.3 is 20.5 Å². The number of unbranched alkanes of at least 4 members (excludes halogenated alkanes) is 1. The fourth-order valence-electron chi connectivity index (χ4n) is 2.25. The second-order valence-electron chi connectivity index (χ2n) is 5.25. The average Bonchev–Trinajstić information content (AvgIpc) is 2.99. The van der Waals surface area contributed by atoms with E-state index in [2.05, 4.69) is 10.3 Å². The number of hydrogen-bond acceptors (Lipinski definition) is 6. The summed E-state index contributed by atoms with van der Waals surface area (Å²) in [5.74, 6) is 1.21. The molecular formula is C17H25Cl2N3O3S. The second kappa shape index (κ2) is 12.0. The first-order valence-corrected chi connectivity index (χ1v) is 8.60. The van der Waals surface area contributed by atoms with Crippen LogP contribution in [0.25, 0.3) is 10.6 Å². The third-order valence-corrected chi connectivity index (χ3v) is 4.76. The summed E-state index contributed by atoms with van der Waals surface area (Å²) in [6, 6.07) is 5.60. The van der Waals surface area contributed by atoms with Crippen molar-refractivity contribution in [3.8, 4) is 22.1 Å². The molecular weight excluding hydrogens is 397 g/mol. The van der Waals surface area contributed by atoms with Crippen LogP contribution in [-0.4, -0.2) is 38.2 Å². The van der Waals surface area contributed by atoms with Crippen LogP contribution in [0.3, 0.4) is 0 Å². The topological polar surface area (TPSA) is 86.5 Å². The van der Waals surface area contributed by atoms with Crippen LogP contribution in [0.2, 0.25) is 0 Å².